The minimum atomic E-state index is -5.22. The molecular weight excluding hydrogens is 463 g/mol. The van der Waals surface area contributed by atoms with E-state index in [9.17, 15) is 36.3 Å². The zero-order valence-electron chi connectivity index (χ0n) is 15.8. The normalized spacial score (nSPS) is 12.2. The predicted molar refractivity (Wildman–Crippen MR) is 101 cm³/mol. The molecule has 31 heavy (non-hydrogen) atoms. The highest BCUT2D eigenvalue weighted by atomic mass is 32.2. The molecule has 166 valence electrons. The van der Waals surface area contributed by atoms with Gasteiger partial charge in [0.1, 0.15) is 25.5 Å². The molecule has 1 aromatic carbocycles. The highest BCUT2D eigenvalue weighted by Crippen LogP contribution is 2.39. The van der Waals surface area contributed by atoms with Crippen LogP contribution in [0.15, 0.2) is 33.4 Å². The van der Waals surface area contributed by atoms with Gasteiger partial charge in [-0.1, -0.05) is 0 Å². The molecule has 0 spiro atoms. The van der Waals surface area contributed by atoms with Crippen molar-refractivity contribution >= 4 is 38.0 Å². The molecule has 2 aromatic rings. The topological polar surface area (TPSA) is 160 Å². The molecule has 0 aliphatic rings. The van der Waals surface area contributed by atoms with Crippen LogP contribution in [0.1, 0.15) is 29.8 Å². The van der Waals surface area contributed by atoms with Gasteiger partial charge in [-0.2, -0.15) is 5.26 Å². The van der Waals surface area contributed by atoms with Crippen molar-refractivity contribution in [3.63, 3.8) is 0 Å². The number of aliphatic hydroxyl groups is 1. The molecule has 0 aliphatic heterocycles. The van der Waals surface area contributed by atoms with Crippen molar-refractivity contribution < 1.29 is 41.0 Å². The summed E-state index contributed by atoms with van der Waals surface area (Å²) < 4.78 is 67.3. The maximum atomic E-state index is 13.0. The standard InChI is InChI=1S/C17H14F3N3O6S2/c1-16(2,26)15(25)23-14-9(13(22)24)6-12(30-14)31(27,28)11-5-8(7-21)3-4-10(11)29-17(18,19)20/h3-6,26H,1-2H3,(H2,22,24)(H,23,25). The Labute approximate surface area is 177 Å². The number of carbonyl (C=O) groups excluding carboxylic acids is 2. The van der Waals surface area contributed by atoms with Gasteiger partial charge in [-0.25, -0.2) is 8.42 Å². The Morgan fingerprint density at radius 3 is 2.35 bits per heavy atom. The molecule has 1 aromatic heterocycles. The number of ether oxygens (including phenoxy) is 1. The summed E-state index contributed by atoms with van der Waals surface area (Å²) in [5.41, 5.74) is 2.58. The van der Waals surface area contributed by atoms with E-state index >= 15 is 0 Å². The SMILES string of the molecule is CC(C)(O)C(=O)Nc1sc(S(=O)(=O)c2cc(C#N)ccc2OC(F)(F)F)cc1C(N)=O. The van der Waals surface area contributed by atoms with E-state index < -0.39 is 54.0 Å². The summed E-state index contributed by atoms with van der Waals surface area (Å²) in [6, 6.07) is 4.63. The lowest BCUT2D eigenvalue weighted by Crippen LogP contribution is -2.36. The molecule has 2 rings (SSSR count). The average Bonchev–Trinajstić information content (AvgIpc) is 3.04. The van der Waals surface area contributed by atoms with E-state index in [1.165, 1.54) is 0 Å². The van der Waals surface area contributed by atoms with Gasteiger partial charge in [0.25, 0.3) is 11.8 Å². The number of anilines is 1. The van der Waals surface area contributed by atoms with Crippen molar-refractivity contribution in [2.24, 2.45) is 5.73 Å². The summed E-state index contributed by atoms with van der Waals surface area (Å²) >= 11 is 0.323. The van der Waals surface area contributed by atoms with Crippen molar-refractivity contribution in [3.8, 4) is 11.8 Å². The fourth-order valence-electron chi connectivity index (χ4n) is 2.14. The third-order valence-electron chi connectivity index (χ3n) is 3.61. The van der Waals surface area contributed by atoms with Crippen LogP contribution in [-0.4, -0.2) is 37.3 Å². The average molecular weight is 477 g/mol. The Bertz CT molecular complexity index is 1190. The lowest BCUT2D eigenvalue weighted by atomic mass is 10.1. The molecule has 0 fully saturated rings. The number of rotatable bonds is 6. The van der Waals surface area contributed by atoms with Crippen LogP contribution in [0.2, 0.25) is 0 Å². The summed E-state index contributed by atoms with van der Waals surface area (Å²) in [6.45, 7) is 2.26. The summed E-state index contributed by atoms with van der Waals surface area (Å²) in [4.78, 5) is 22.7. The Morgan fingerprint density at radius 2 is 1.87 bits per heavy atom. The van der Waals surface area contributed by atoms with Gasteiger partial charge in [0.05, 0.1) is 17.2 Å². The van der Waals surface area contributed by atoms with Gasteiger partial charge in [0.2, 0.25) is 9.84 Å². The van der Waals surface area contributed by atoms with Gasteiger partial charge in [0, 0.05) is 0 Å². The molecule has 0 saturated carbocycles. The molecule has 0 unspecified atom stereocenters. The zero-order valence-corrected chi connectivity index (χ0v) is 17.4. The maximum absolute atomic E-state index is 13.0. The van der Waals surface area contributed by atoms with Crippen LogP contribution in [0, 0.1) is 11.3 Å². The number of amides is 2. The molecule has 4 N–H and O–H groups in total. The third kappa shape index (κ3) is 5.51. The van der Waals surface area contributed by atoms with Crippen molar-refractivity contribution in [1.29, 1.82) is 5.26 Å². The second-order valence-electron chi connectivity index (χ2n) is 6.51. The van der Waals surface area contributed by atoms with Gasteiger partial charge < -0.3 is 20.9 Å². The van der Waals surface area contributed by atoms with Crippen molar-refractivity contribution in [2.75, 3.05) is 5.32 Å². The Balaban J connectivity index is 2.66. The lowest BCUT2D eigenvalue weighted by molar-refractivity contribution is -0.275. The number of alkyl halides is 3. The van der Waals surface area contributed by atoms with E-state index in [4.69, 9.17) is 11.0 Å². The molecule has 0 aliphatic carbocycles. The first-order chi connectivity index (χ1) is 14.1. The molecule has 9 nitrogen and oxygen atoms in total. The highest BCUT2D eigenvalue weighted by Gasteiger charge is 2.36. The number of thiophene rings is 1. The molecule has 0 radical (unpaired) electrons. The number of hydrogen-bond donors (Lipinski definition) is 3. The van der Waals surface area contributed by atoms with Crippen LogP contribution >= 0.6 is 11.3 Å². The first-order valence-corrected chi connectivity index (χ1v) is 10.4. The quantitative estimate of drug-likeness (QED) is 0.575. The number of primary amides is 1. The summed E-state index contributed by atoms with van der Waals surface area (Å²) in [5.74, 6) is -3.22. The molecule has 14 heteroatoms. The smallest absolute Gasteiger partial charge is 0.404 e. The molecule has 0 bridgehead atoms. The van der Waals surface area contributed by atoms with Gasteiger partial charge in [-0.15, -0.1) is 24.5 Å². The number of sulfone groups is 1. The predicted octanol–water partition coefficient (Wildman–Crippen LogP) is 2.16. The Kier molecular flexibility index (Phi) is 6.36. The molecular formula is C17H14F3N3O6S2. The van der Waals surface area contributed by atoms with E-state index in [2.05, 4.69) is 10.1 Å². The zero-order chi connectivity index (χ0) is 23.8. The minimum Gasteiger partial charge on any atom is -0.404 e. The van der Waals surface area contributed by atoms with E-state index in [1.54, 1.807) is 6.07 Å². The first kappa shape index (κ1) is 24.1. The Morgan fingerprint density at radius 1 is 1.26 bits per heavy atom. The fraction of sp³-hybridized carbons (Fsp3) is 0.235. The Hall–Kier alpha value is -3.15. The van der Waals surface area contributed by atoms with Gasteiger partial charge in [0.15, 0.2) is 0 Å². The van der Waals surface area contributed by atoms with Crippen molar-refractivity contribution in [2.45, 2.75) is 34.9 Å². The van der Waals surface area contributed by atoms with Gasteiger partial charge in [-0.3, -0.25) is 9.59 Å². The monoisotopic (exact) mass is 477 g/mol. The summed E-state index contributed by atoms with van der Waals surface area (Å²) in [7, 11) is -4.76. The van der Waals surface area contributed by atoms with Crippen LogP contribution in [-0.2, 0) is 14.6 Å². The second-order valence-corrected chi connectivity index (χ2v) is 9.71. The van der Waals surface area contributed by atoms with Crippen molar-refractivity contribution in [1.82, 2.24) is 0 Å². The molecule has 0 atom stereocenters. The van der Waals surface area contributed by atoms with Crippen LogP contribution in [0.25, 0.3) is 0 Å². The van der Waals surface area contributed by atoms with E-state index in [0.29, 0.717) is 23.5 Å². The molecule has 1 heterocycles. The molecule has 2 amide bonds. The number of hydrogen-bond acceptors (Lipinski definition) is 8. The largest absolute Gasteiger partial charge is 0.573 e. The number of benzene rings is 1. The summed E-state index contributed by atoms with van der Waals surface area (Å²) in [5, 5.41) is 20.5. The third-order valence-corrected chi connectivity index (χ3v) is 6.91. The van der Waals surface area contributed by atoms with Crippen molar-refractivity contribution in [3.05, 3.63) is 35.4 Å². The number of carbonyl (C=O) groups is 2. The van der Waals surface area contributed by atoms with Crippen LogP contribution < -0.4 is 15.8 Å². The van der Waals surface area contributed by atoms with E-state index in [-0.39, 0.29) is 10.6 Å². The first-order valence-electron chi connectivity index (χ1n) is 8.08. The van der Waals surface area contributed by atoms with E-state index in [1.807, 2.05) is 0 Å². The lowest BCUT2D eigenvalue weighted by Gasteiger charge is -2.16. The fourth-order valence-corrected chi connectivity index (χ4v) is 5.03. The van der Waals surface area contributed by atoms with Crippen LogP contribution in [0.4, 0.5) is 18.2 Å². The minimum absolute atomic E-state index is 0.268. The number of nitrogens with two attached hydrogens (primary N) is 1. The van der Waals surface area contributed by atoms with Crippen LogP contribution in [0.5, 0.6) is 5.75 Å². The number of nitriles is 1. The number of halogens is 3. The second kappa shape index (κ2) is 8.17. The number of nitrogens with one attached hydrogen (secondary N) is 1. The van der Waals surface area contributed by atoms with E-state index in [0.717, 1.165) is 26.0 Å². The summed E-state index contributed by atoms with van der Waals surface area (Å²) in [6.07, 6.45) is -5.22. The molecule has 0 saturated heterocycles. The number of nitrogens with zero attached hydrogens (tertiary/aromatic N) is 1. The maximum Gasteiger partial charge on any atom is 0.573 e. The highest BCUT2D eigenvalue weighted by molar-refractivity contribution is 7.93. The van der Waals surface area contributed by atoms with Gasteiger partial charge >= 0.3 is 6.36 Å². The van der Waals surface area contributed by atoms with Crippen LogP contribution in [0.3, 0.4) is 0 Å². The van der Waals surface area contributed by atoms with Gasteiger partial charge in [-0.05, 0) is 38.1 Å².